The van der Waals surface area contributed by atoms with Gasteiger partial charge in [0.25, 0.3) is 0 Å². The Balaban J connectivity index is 2.10. The molecule has 3 N–H and O–H groups in total. The molecule has 1 aliphatic heterocycles. The monoisotopic (exact) mass is 412 g/mol. The van der Waals surface area contributed by atoms with E-state index in [4.69, 9.17) is 25.1 Å². The lowest BCUT2D eigenvalue weighted by Gasteiger charge is -2.37. The summed E-state index contributed by atoms with van der Waals surface area (Å²) in [4.78, 5) is 23.9. The zero-order valence-electron chi connectivity index (χ0n) is 17.2. The Morgan fingerprint density at radius 3 is 2.70 bits per heavy atom. The molecule has 1 atom stereocenters. The summed E-state index contributed by atoms with van der Waals surface area (Å²) < 4.78 is 16.6. The number of aliphatic carboxylic acids is 1. The molecule has 3 rings (SSSR count). The highest BCUT2D eigenvalue weighted by atomic mass is 16.5. The molecule has 8 nitrogen and oxygen atoms in total. The third-order valence-electron chi connectivity index (χ3n) is 5.03. The van der Waals surface area contributed by atoms with E-state index < -0.39 is 18.5 Å². The van der Waals surface area contributed by atoms with Gasteiger partial charge in [0.1, 0.15) is 17.4 Å². The molecular formula is C22H24N2O6. The molecular weight excluding hydrogens is 388 g/mol. The summed E-state index contributed by atoms with van der Waals surface area (Å²) in [6, 6.07) is 6.98. The zero-order chi connectivity index (χ0) is 22.1. The second kappa shape index (κ2) is 8.11. The van der Waals surface area contributed by atoms with Gasteiger partial charge in [0.05, 0.1) is 12.5 Å². The van der Waals surface area contributed by atoms with Crippen LogP contribution in [0.4, 0.5) is 0 Å². The van der Waals surface area contributed by atoms with Crippen molar-refractivity contribution in [2.75, 3.05) is 13.2 Å². The van der Waals surface area contributed by atoms with Crippen molar-refractivity contribution in [1.29, 1.82) is 5.26 Å². The van der Waals surface area contributed by atoms with Gasteiger partial charge in [-0.05, 0) is 30.0 Å². The number of hydrogen-bond acceptors (Lipinski definition) is 7. The maximum atomic E-state index is 13.0. The quantitative estimate of drug-likeness (QED) is 0.729. The molecule has 30 heavy (non-hydrogen) atoms. The van der Waals surface area contributed by atoms with E-state index in [0.29, 0.717) is 42.1 Å². The number of rotatable bonds is 6. The maximum absolute atomic E-state index is 13.0. The Morgan fingerprint density at radius 2 is 2.07 bits per heavy atom. The van der Waals surface area contributed by atoms with Crippen LogP contribution < -0.4 is 15.2 Å². The number of nitrogens with zero attached hydrogens (tertiary/aromatic N) is 1. The lowest BCUT2D eigenvalue weighted by Crippen LogP contribution is -2.33. The van der Waals surface area contributed by atoms with Crippen molar-refractivity contribution in [3.8, 4) is 17.6 Å². The number of allylic oxidation sites excluding steroid dienone is 3. The van der Waals surface area contributed by atoms with Gasteiger partial charge in [-0.15, -0.1) is 0 Å². The first-order valence-corrected chi connectivity index (χ1v) is 9.62. The van der Waals surface area contributed by atoms with Gasteiger partial charge in [-0.2, -0.15) is 5.26 Å². The van der Waals surface area contributed by atoms with Crippen molar-refractivity contribution >= 4 is 11.8 Å². The second-order valence-corrected chi connectivity index (χ2v) is 8.02. The first-order chi connectivity index (χ1) is 14.2. The summed E-state index contributed by atoms with van der Waals surface area (Å²) in [5.41, 5.74) is 6.97. The molecule has 0 radical (unpaired) electrons. The third-order valence-corrected chi connectivity index (χ3v) is 5.03. The van der Waals surface area contributed by atoms with Crippen LogP contribution in [0, 0.1) is 16.7 Å². The molecule has 0 aromatic heterocycles. The minimum absolute atomic E-state index is 0.0177. The highest BCUT2D eigenvalue weighted by Crippen LogP contribution is 2.48. The van der Waals surface area contributed by atoms with Crippen LogP contribution in [0.5, 0.6) is 11.5 Å². The van der Waals surface area contributed by atoms with Crippen LogP contribution in [0.1, 0.15) is 45.1 Å². The molecule has 8 heteroatoms. The SMILES string of the molecule is CCOc1cc(C2C(C#N)=C(N)OC3=C2C(=O)CC(C)(C)C3)ccc1OCC(=O)O. The van der Waals surface area contributed by atoms with Crippen LogP contribution in [0.15, 0.2) is 41.0 Å². The van der Waals surface area contributed by atoms with E-state index in [2.05, 4.69) is 6.07 Å². The molecule has 1 unspecified atom stereocenters. The molecule has 1 heterocycles. The highest BCUT2D eigenvalue weighted by molar-refractivity contribution is 6.00. The predicted molar refractivity (Wildman–Crippen MR) is 106 cm³/mol. The van der Waals surface area contributed by atoms with Crippen molar-refractivity contribution in [2.45, 2.75) is 39.5 Å². The molecule has 1 aromatic rings. The van der Waals surface area contributed by atoms with Crippen LogP contribution in [0.2, 0.25) is 0 Å². The van der Waals surface area contributed by atoms with Crippen LogP contribution in [-0.4, -0.2) is 30.1 Å². The van der Waals surface area contributed by atoms with E-state index in [1.165, 1.54) is 0 Å². The number of carbonyl (C=O) groups excluding carboxylic acids is 1. The van der Waals surface area contributed by atoms with Crippen LogP contribution in [0.25, 0.3) is 0 Å². The van der Waals surface area contributed by atoms with Crippen molar-refractivity contribution in [1.82, 2.24) is 0 Å². The molecule has 0 fully saturated rings. The minimum Gasteiger partial charge on any atom is -0.490 e. The molecule has 158 valence electrons. The number of nitrogens with two attached hydrogens (primary N) is 1. The van der Waals surface area contributed by atoms with Crippen LogP contribution >= 0.6 is 0 Å². The van der Waals surface area contributed by atoms with Crippen molar-refractivity contribution in [2.24, 2.45) is 11.1 Å². The molecule has 0 saturated heterocycles. The number of benzene rings is 1. The number of carboxylic acids is 1. The molecule has 1 aromatic carbocycles. The summed E-state index contributed by atoms with van der Waals surface area (Å²) in [7, 11) is 0. The summed E-state index contributed by atoms with van der Waals surface area (Å²) in [5, 5.41) is 18.6. The Morgan fingerprint density at radius 1 is 1.33 bits per heavy atom. The number of nitriles is 1. The number of Topliss-reactive ketones (excluding diaryl/α,β-unsaturated/α-hetero) is 1. The number of carboxylic acid groups (broad SMARTS) is 1. The van der Waals surface area contributed by atoms with Gasteiger partial charge in [-0.25, -0.2) is 4.79 Å². The lowest BCUT2D eigenvalue weighted by molar-refractivity contribution is -0.139. The van der Waals surface area contributed by atoms with Crippen LogP contribution in [0.3, 0.4) is 0 Å². The van der Waals surface area contributed by atoms with Crippen LogP contribution in [-0.2, 0) is 14.3 Å². The van der Waals surface area contributed by atoms with Crippen molar-refractivity contribution in [3.05, 3.63) is 46.6 Å². The average Bonchev–Trinajstić information content (AvgIpc) is 2.65. The Labute approximate surface area is 174 Å². The molecule has 0 saturated carbocycles. The summed E-state index contributed by atoms with van der Waals surface area (Å²) in [6.07, 6.45) is 0.866. The highest BCUT2D eigenvalue weighted by Gasteiger charge is 2.43. The van der Waals surface area contributed by atoms with E-state index in [0.717, 1.165) is 0 Å². The van der Waals surface area contributed by atoms with Gasteiger partial charge in [-0.3, -0.25) is 4.79 Å². The van der Waals surface area contributed by atoms with E-state index in [9.17, 15) is 14.9 Å². The van der Waals surface area contributed by atoms with E-state index in [-0.39, 0.29) is 28.4 Å². The first kappa shape index (κ1) is 21.2. The van der Waals surface area contributed by atoms with Crippen molar-refractivity contribution in [3.63, 3.8) is 0 Å². The second-order valence-electron chi connectivity index (χ2n) is 8.02. The first-order valence-electron chi connectivity index (χ1n) is 9.62. The Bertz CT molecular complexity index is 999. The summed E-state index contributed by atoms with van der Waals surface area (Å²) >= 11 is 0. The molecule has 1 aliphatic carbocycles. The topological polar surface area (TPSA) is 132 Å². The number of ether oxygens (including phenoxy) is 3. The van der Waals surface area contributed by atoms with E-state index in [1.54, 1.807) is 25.1 Å². The van der Waals surface area contributed by atoms with E-state index >= 15 is 0 Å². The zero-order valence-corrected chi connectivity index (χ0v) is 17.2. The lowest BCUT2D eigenvalue weighted by atomic mass is 9.70. The third kappa shape index (κ3) is 4.10. The average molecular weight is 412 g/mol. The van der Waals surface area contributed by atoms with Crippen molar-refractivity contribution < 1.29 is 28.9 Å². The molecule has 0 spiro atoms. The number of carbonyl (C=O) groups is 2. The fourth-order valence-corrected chi connectivity index (χ4v) is 3.85. The number of ketones is 1. The number of hydrogen-bond donors (Lipinski definition) is 2. The Hall–Kier alpha value is -3.47. The molecule has 0 bridgehead atoms. The largest absolute Gasteiger partial charge is 0.490 e. The maximum Gasteiger partial charge on any atom is 0.341 e. The summed E-state index contributed by atoms with van der Waals surface area (Å²) in [5.74, 6) is -0.831. The van der Waals surface area contributed by atoms with Gasteiger partial charge >= 0.3 is 5.97 Å². The van der Waals surface area contributed by atoms with Gasteiger partial charge in [0.2, 0.25) is 5.88 Å². The molecule has 0 amide bonds. The smallest absolute Gasteiger partial charge is 0.341 e. The van der Waals surface area contributed by atoms with Gasteiger partial charge in [0, 0.05) is 18.4 Å². The fourth-order valence-electron chi connectivity index (χ4n) is 3.85. The predicted octanol–water partition coefficient (Wildman–Crippen LogP) is 3.00. The Kier molecular flexibility index (Phi) is 5.74. The van der Waals surface area contributed by atoms with Gasteiger partial charge in [0.15, 0.2) is 23.9 Å². The standard InChI is InChI=1S/C22H24N2O6/c1-4-28-16-7-12(5-6-15(16)29-11-18(26)27)19-13(10-23)21(24)30-17-9-22(2,3)8-14(25)20(17)19/h5-7,19H,4,8-9,11,24H2,1-3H3,(H,26,27). The minimum atomic E-state index is -1.11. The summed E-state index contributed by atoms with van der Waals surface area (Å²) in [6.45, 7) is 5.55. The normalized spacial score (nSPS) is 20.2. The van der Waals surface area contributed by atoms with Gasteiger partial charge in [-0.1, -0.05) is 19.9 Å². The fraction of sp³-hybridized carbons (Fsp3) is 0.409. The van der Waals surface area contributed by atoms with Gasteiger partial charge < -0.3 is 25.1 Å². The molecule has 2 aliphatic rings. The van der Waals surface area contributed by atoms with E-state index in [1.807, 2.05) is 13.8 Å².